The maximum atomic E-state index is 10.0. The summed E-state index contributed by atoms with van der Waals surface area (Å²) in [5, 5.41) is 19.7. The van der Waals surface area contributed by atoms with Crippen molar-refractivity contribution in [3.8, 4) is 5.75 Å². The van der Waals surface area contributed by atoms with Gasteiger partial charge in [0, 0.05) is 5.92 Å². The number of aliphatic hydroxyl groups is 1. The van der Waals surface area contributed by atoms with Crippen LogP contribution in [0.4, 0.5) is 0 Å². The zero-order chi connectivity index (χ0) is 11.7. The number of phenols is 1. The van der Waals surface area contributed by atoms with Crippen molar-refractivity contribution in [2.45, 2.75) is 51.6 Å². The van der Waals surface area contributed by atoms with E-state index in [1.165, 1.54) is 12.0 Å². The predicted molar refractivity (Wildman–Crippen MR) is 64.8 cm³/mol. The average molecular weight is 220 g/mol. The van der Waals surface area contributed by atoms with Crippen molar-refractivity contribution in [3.63, 3.8) is 0 Å². The summed E-state index contributed by atoms with van der Waals surface area (Å²) in [5.74, 6) is 0.640. The fourth-order valence-electron chi connectivity index (χ4n) is 2.70. The predicted octanol–water partition coefficient (Wildman–Crippen LogP) is 3.03. The van der Waals surface area contributed by atoms with Crippen LogP contribution >= 0.6 is 0 Å². The maximum absolute atomic E-state index is 10.0. The Balaban J connectivity index is 2.32. The number of rotatable bonds is 1. The molecule has 2 N–H and O–H groups in total. The van der Waals surface area contributed by atoms with Gasteiger partial charge in [-0.05, 0) is 43.4 Å². The Kier molecular flexibility index (Phi) is 3.20. The zero-order valence-electron chi connectivity index (χ0n) is 10.0. The van der Waals surface area contributed by atoms with E-state index in [1.807, 2.05) is 26.0 Å². The Labute approximate surface area is 96.9 Å². The minimum absolute atomic E-state index is 0.211. The normalized spacial score (nSPS) is 25.7. The molecule has 0 radical (unpaired) electrons. The Bertz CT molecular complexity index is 361. The van der Waals surface area contributed by atoms with Gasteiger partial charge in [0.05, 0.1) is 6.10 Å². The van der Waals surface area contributed by atoms with Crippen molar-refractivity contribution in [2.75, 3.05) is 0 Å². The molecule has 0 unspecified atom stereocenters. The molecule has 2 atom stereocenters. The highest BCUT2D eigenvalue weighted by molar-refractivity contribution is 5.43. The Morgan fingerprint density at radius 3 is 2.19 bits per heavy atom. The third-order valence-corrected chi connectivity index (χ3v) is 3.67. The molecule has 1 aliphatic carbocycles. The average Bonchev–Trinajstić information content (AvgIpc) is 2.26. The van der Waals surface area contributed by atoms with Crippen molar-refractivity contribution < 1.29 is 10.2 Å². The van der Waals surface area contributed by atoms with Crippen LogP contribution in [-0.2, 0) is 0 Å². The summed E-state index contributed by atoms with van der Waals surface area (Å²) in [6, 6.07) is 4.03. The van der Waals surface area contributed by atoms with Crippen molar-refractivity contribution in [3.05, 3.63) is 28.8 Å². The molecule has 0 aromatic heterocycles. The van der Waals surface area contributed by atoms with Gasteiger partial charge in [-0.3, -0.25) is 0 Å². The SMILES string of the molecule is Cc1cc([C@H]2CCCC[C@H]2O)cc(C)c1O. The second kappa shape index (κ2) is 4.46. The first kappa shape index (κ1) is 11.5. The molecule has 0 bridgehead atoms. The fourth-order valence-corrected chi connectivity index (χ4v) is 2.70. The molecule has 2 nitrogen and oxygen atoms in total. The molecule has 1 aromatic carbocycles. The van der Waals surface area contributed by atoms with Crippen molar-refractivity contribution in [1.29, 1.82) is 0 Å². The lowest BCUT2D eigenvalue weighted by atomic mass is 9.81. The molecule has 16 heavy (non-hydrogen) atoms. The number of aliphatic hydroxyl groups excluding tert-OH is 1. The first-order valence-corrected chi connectivity index (χ1v) is 6.08. The van der Waals surface area contributed by atoms with E-state index < -0.39 is 0 Å². The first-order valence-electron chi connectivity index (χ1n) is 6.08. The van der Waals surface area contributed by atoms with Crippen LogP contribution in [-0.4, -0.2) is 16.3 Å². The minimum Gasteiger partial charge on any atom is -0.507 e. The maximum Gasteiger partial charge on any atom is 0.121 e. The van der Waals surface area contributed by atoms with Gasteiger partial charge < -0.3 is 10.2 Å². The van der Waals surface area contributed by atoms with Crippen LogP contribution in [0.2, 0.25) is 0 Å². The van der Waals surface area contributed by atoms with Gasteiger partial charge in [-0.2, -0.15) is 0 Å². The summed E-state index contributed by atoms with van der Waals surface area (Å²) < 4.78 is 0. The van der Waals surface area contributed by atoms with Crippen LogP contribution < -0.4 is 0 Å². The van der Waals surface area contributed by atoms with E-state index in [1.54, 1.807) is 0 Å². The minimum atomic E-state index is -0.211. The molecule has 1 saturated carbocycles. The number of hydrogen-bond acceptors (Lipinski definition) is 2. The van der Waals surface area contributed by atoms with Gasteiger partial charge in [-0.15, -0.1) is 0 Å². The van der Waals surface area contributed by atoms with E-state index in [-0.39, 0.29) is 12.0 Å². The lowest BCUT2D eigenvalue weighted by Gasteiger charge is -2.28. The topological polar surface area (TPSA) is 40.5 Å². The smallest absolute Gasteiger partial charge is 0.121 e. The summed E-state index contributed by atoms with van der Waals surface area (Å²) in [6.45, 7) is 3.84. The van der Waals surface area contributed by atoms with Crippen LogP contribution in [0.25, 0.3) is 0 Å². The molecule has 1 aromatic rings. The Hall–Kier alpha value is -1.02. The molecule has 2 rings (SSSR count). The molecule has 0 amide bonds. The van der Waals surface area contributed by atoms with Gasteiger partial charge in [0.15, 0.2) is 0 Å². The van der Waals surface area contributed by atoms with E-state index in [4.69, 9.17) is 0 Å². The number of aryl methyl sites for hydroxylation is 2. The number of phenolic OH excluding ortho intramolecular Hbond substituents is 1. The molecule has 0 aliphatic heterocycles. The van der Waals surface area contributed by atoms with Gasteiger partial charge in [0.1, 0.15) is 5.75 Å². The molecule has 0 heterocycles. The number of hydrogen-bond donors (Lipinski definition) is 2. The third kappa shape index (κ3) is 2.07. The van der Waals surface area contributed by atoms with Crippen LogP contribution in [0.5, 0.6) is 5.75 Å². The Morgan fingerprint density at radius 1 is 1.06 bits per heavy atom. The molecule has 1 fully saturated rings. The monoisotopic (exact) mass is 220 g/mol. The van der Waals surface area contributed by atoms with E-state index in [9.17, 15) is 10.2 Å². The van der Waals surface area contributed by atoms with Gasteiger partial charge in [0.25, 0.3) is 0 Å². The zero-order valence-corrected chi connectivity index (χ0v) is 10.0. The Morgan fingerprint density at radius 2 is 1.62 bits per heavy atom. The molecule has 2 heteroatoms. The van der Waals surface area contributed by atoms with Crippen LogP contribution in [0, 0.1) is 13.8 Å². The first-order chi connectivity index (χ1) is 7.59. The van der Waals surface area contributed by atoms with Gasteiger partial charge in [0.2, 0.25) is 0 Å². The molecule has 0 spiro atoms. The summed E-state index contributed by atoms with van der Waals surface area (Å²) in [7, 11) is 0. The van der Waals surface area contributed by atoms with Crippen molar-refractivity contribution in [1.82, 2.24) is 0 Å². The van der Waals surface area contributed by atoms with Crippen molar-refractivity contribution >= 4 is 0 Å². The largest absolute Gasteiger partial charge is 0.507 e. The van der Waals surface area contributed by atoms with Crippen LogP contribution in [0.1, 0.15) is 48.3 Å². The second-order valence-electron chi connectivity index (χ2n) is 4.96. The molecular formula is C14H20O2. The highest BCUT2D eigenvalue weighted by Gasteiger charge is 2.25. The lowest BCUT2D eigenvalue weighted by Crippen LogP contribution is -2.22. The second-order valence-corrected chi connectivity index (χ2v) is 4.96. The molecular weight excluding hydrogens is 200 g/mol. The summed E-state index contributed by atoms with van der Waals surface area (Å²) in [5.41, 5.74) is 3.00. The number of benzene rings is 1. The lowest BCUT2D eigenvalue weighted by molar-refractivity contribution is 0.106. The summed E-state index contributed by atoms with van der Waals surface area (Å²) in [6.07, 6.45) is 4.08. The van der Waals surface area contributed by atoms with Gasteiger partial charge >= 0.3 is 0 Å². The van der Waals surface area contributed by atoms with Gasteiger partial charge in [-0.25, -0.2) is 0 Å². The van der Waals surface area contributed by atoms with Gasteiger partial charge in [-0.1, -0.05) is 25.0 Å². The third-order valence-electron chi connectivity index (χ3n) is 3.67. The highest BCUT2D eigenvalue weighted by Crippen LogP contribution is 2.35. The highest BCUT2D eigenvalue weighted by atomic mass is 16.3. The van der Waals surface area contributed by atoms with Crippen molar-refractivity contribution in [2.24, 2.45) is 0 Å². The van der Waals surface area contributed by atoms with Crippen LogP contribution in [0.15, 0.2) is 12.1 Å². The van der Waals surface area contributed by atoms with E-state index in [2.05, 4.69) is 0 Å². The van der Waals surface area contributed by atoms with Crippen LogP contribution in [0.3, 0.4) is 0 Å². The number of aromatic hydroxyl groups is 1. The summed E-state index contributed by atoms with van der Waals surface area (Å²) >= 11 is 0. The molecule has 0 saturated heterocycles. The molecule has 1 aliphatic rings. The molecule has 88 valence electrons. The quantitative estimate of drug-likeness (QED) is 0.763. The fraction of sp³-hybridized carbons (Fsp3) is 0.571. The standard InChI is InChI=1S/C14H20O2/c1-9-7-11(8-10(2)14(9)16)12-5-3-4-6-13(12)15/h7-8,12-13,15-16H,3-6H2,1-2H3/t12-,13-/m1/s1. The summed E-state index contributed by atoms with van der Waals surface area (Å²) in [4.78, 5) is 0. The van der Waals surface area contributed by atoms with E-state index in [0.29, 0.717) is 5.75 Å². The van der Waals surface area contributed by atoms with E-state index >= 15 is 0 Å². The van der Waals surface area contributed by atoms with E-state index in [0.717, 1.165) is 30.4 Å².